The number of amides is 7. The van der Waals surface area contributed by atoms with Gasteiger partial charge in [-0.05, 0) is 237 Å². The Labute approximate surface area is 831 Å². The topological polar surface area (TPSA) is 223 Å². The van der Waals surface area contributed by atoms with Crippen molar-refractivity contribution >= 4 is 41.4 Å². The first-order valence-electron chi connectivity index (χ1n) is 49.6. The number of benzene rings is 2. The van der Waals surface area contributed by atoms with Gasteiger partial charge in [0.2, 0.25) is 23.6 Å². The second kappa shape index (κ2) is 41.7. The van der Waals surface area contributed by atoms with Crippen LogP contribution in [0, 0.1) is 92.5 Å². The Balaban J connectivity index is 0.000000127. The summed E-state index contributed by atoms with van der Waals surface area (Å²) < 4.78 is 229. The number of rotatable bonds is 17. The SMILES string of the molecule is CCC1(C)CN2CC[C@H](c3cc(F)cc(F)c3)N2C1=O.CC[C@@]1(C(F)F)CN2CC[C@H](c3cncc(F)c3)N2C1=O.CC[C@]1(C(F)F)CN2CC[C@@H](c3cncc(F)c3)N2C1=O.CC[C@]1(C(F)F)CN2CC[C@H](c3cncc(F)c3)N2C1=O.CC[C@]1(C)CN2CC[C@@H](c3cc(F)cc(F)c3)N2C1=O.Cc1cncc([C@@H]2CC[C@@H]3CC(C)(C(C)(F)F)C(=O)N32)c1.Cc1cncc([C@@H]2CC[C@@H]3C[C@@](C)(C(C)(F)F)C(=O)N32)c1. The van der Waals surface area contributed by atoms with Crippen LogP contribution >= 0.6 is 0 Å². The molecule has 19 heterocycles. The van der Waals surface area contributed by atoms with Crippen LogP contribution in [0.2, 0.25) is 0 Å². The van der Waals surface area contributed by atoms with Crippen molar-refractivity contribution in [2.45, 2.75) is 278 Å². The third-order valence-electron chi connectivity index (χ3n) is 32.9. The predicted octanol–water partition coefficient (Wildman–Crippen LogP) is 19.9. The first kappa shape index (κ1) is 108. The zero-order chi connectivity index (χ0) is 105. The number of nitrogens with zero attached hydrogens (tertiary/aromatic N) is 17. The number of hydrazine groups is 5. The highest BCUT2D eigenvalue weighted by atomic mass is 19.3. The quantitative estimate of drug-likeness (QED) is 0.0773. The van der Waals surface area contributed by atoms with Gasteiger partial charge in [0.25, 0.3) is 48.8 Å². The molecule has 21 rings (SSSR count). The van der Waals surface area contributed by atoms with Crippen LogP contribution in [-0.2, 0) is 33.6 Å². The number of pyridine rings is 5. The smallest absolute Gasteiger partial charge is 0.259 e. The van der Waals surface area contributed by atoms with Crippen LogP contribution in [0.1, 0.15) is 271 Å². The maximum absolute atomic E-state index is 13.9. The number of carbonyl (C=O) groups is 7. The number of hydrogen-bond donors (Lipinski definition) is 0. The van der Waals surface area contributed by atoms with Gasteiger partial charge >= 0.3 is 0 Å². The summed E-state index contributed by atoms with van der Waals surface area (Å²) in [5, 5.41) is 16.6. The van der Waals surface area contributed by atoms with Crippen LogP contribution in [0.3, 0.4) is 0 Å². The molecule has 14 fully saturated rings. The second-order valence-corrected chi connectivity index (χ2v) is 42.0. The van der Waals surface area contributed by atoms with Crippen molar-refractivity contribution < 1.29 is 108 Å². The van der Waals surface area contributed by atoms with Crippen molar-refractivity contribution in [3.05, 3.63) is 219 Å². The largest absolute Gasteiger partial charge is 0.332 e. The van der Waals surface area contributed by atoms with Crippen molar-refractivity contribution in [2.24, 2.45) is 37.9 Å². The Kier molecular flexibility index (Phi) is 31.1. The van der Waals surface area contributed by atoms with E-state index < -0.39 is 147 Å². The normalized spacial score (nSPS) is 30.6. The summed E-state index contributed by atoms with van der Waals surface area (Å²) in [5.74, 6) is -12.2. The number of alkyl halides is 10. The van der Waals surface area contributed by atoms with Crippen LogP contribution in [-0.4, -0.2) is 235 Å². The number of hydrogen-bond acceptors (Lipinski definition) is 17. The highest BCUT2D eigenvalue weighted by molar-refractivity contribution is 5.90. The molecule has 14 aliphatic heterocycles. The monoisotopic (exact) mass is 2050 g/mol. The maximum Gasteiger partial charge on any atom is 0.259 e. The van der Waals surface area contributed by atoms with E-state index in [2.05, 4.69) is 24.9 Å². The van der Waals surface area contributed by atoms with Gasteiger partial charge in [0.1, 0.15) is 67.8 Å². The summed E-state index contributed by atoms with van der Waals surface area (Å²) in [5.41, 5.74) is -2.17. The molecule has 145 heavy (non-hydrogen) atoms. The van der Waals surface area contributed by atoms with Gasteiger partial charge < -0.3 is 9.80 Å². The molecule has 41 heteroatoms. The molecule has 2 aromatic carbocycles. The molecule has 7 aromatic rings. The molecular weight excluding hydrogens is 1920 g/mol. The summed E-state index contributed by atoms with van der Waals surface area (Å²) in [7, 11) is 0. The number of fused-ring (bicyclic) bond motifs is 7. The molecule has 0 saturated carbocycles. The molecule has 5 aromatic heterocycles. The van der Waals surface area contributed by atoms with Gasteiger partial charge in [-0.1, -0.05) is 46.8 Å². The van der Waals surface area contributed by atoms with E-state index >= 15 is 0 Å². The summed E-state index contributed by atoms with van der Waals surface area (Å²) in [4.78, 5) is 111. The minimum Gasteiger partial charge on any atom is -0.332 e. The maximum atomic E-state index is 13.9. The predicted molar refractivity (Wildman–Crippen MR) is 497 cm³/mol. The third-order valence-corrected chi connectivity index (χ3v) is 32.9. The minimum absolute atomic E-state index is 0.0270. The molecule has 24 nitrogen and oxygen atoms in total. The van der Waals surface area contributed by atoms with Crippen molar-refractivity contribution in [2.75, 3.05) is 65.4 Å². The van der Waals surface area contributed by atoms with Gasteiger partial charge in [-0.3, -0.25) is 83.5 Å². The fourth-order valence-corrected chi connectivity index (χ4v) is 23.5. The van der Waals surface area contributed by atoms with Gasteiger partial charge in [0, 0.05) is 147 Å². The summed E-state index contributed by atoms with van der Waals surface area (Å²) >= 11 is 0. The van der Waals surface area contributed by atoms with Crippen molar-refractivity contribution in [1.82, 2.24) is 84.8 Å². The first-order valence-corrected chi connectivity index (χ1v) is 49.6. The Morgan fingerprint density at radius 3 is 0.779 bits per heavy atom. The van der Waals surface area contributed by atoms with Crippen LogP contribution in [0.5, 0.6) is 0 Å². The molecule has 7 amide bonds. The van der Waals surface area contributed by atoms with Gasteiger partial charge in [0.05, 0.1) is 71.7 Å². The molecular formula is C104H124F17N17O7. The van der Waals surface area contributed by atoms with Crippen molar-refractivity contribution in [1.29, 1.82) is 0 Å². The van der Waals surface area contributed by atoms with E-state index in [0.717, 1.165) is 118 Å². The fourth-order valence-electron chi connectivity index (χ4n) is 23.5. The van der Waals surface area contributed by atoms with Crippen molar-refractivity contribution in [3.63, 3.8) is 0 Å². The number of aryl methyl sites for hydroxylation is 2. The second-order valence-electron chi connectivity index (χ2n) is 42.0. The molecule has 2 unspecified atom stereocenters. The van der Waals surface area contributed by atoms with E-state index in [4.69, 9.17) is 0 Å². The van der Waals surface area contributed by atoms with E-state index in [0.29, 0.717) is 92.6 Å². The van der Waals surface area contributed by atoms with Crippen LogP contribution in [0.15, 0.2) is 129 Å². The van der Waals surface area contributed by atoms with E-state index in [1.807, 2.05) is 63.7 Å². The van der Waals surface area contributed by atoms with Gasteiger partial charge in [0.15, 0.2) is 0 Å². The van der Waals surface area contributed by atoms with Gasteiger partial charge in [-0.15, -0.1) is 0 Å². The van der Waals surface area contributed by atoms with E-state index in [1.54, 1.807) is 80.4 Å². The lowest BCUT2D eigenvalue weighted by molar-refractivity contribution is -0.157. The first-order chi connectivity index (χ1) is 68.3. The van der Waals surface area contributed by atoms with Crippen molar-refractivity contribution in [3.8, 4) is 0 Å². The van der Waals surface area contributed by atoms with Gasteiger partial charge in [-0.2, -0.15) is 0 Å². The Morgan fingerprint density at radius 2 is 0.538 bits per heavy atom. The lowest BCUT2D eigenvalue weighted by Crippen LogP contribution is -2.44. The molecule has 0 radical (unpaired) electrons. The number of carbonyl (C=O) groups excluding carboxylic acids is 7. The zero-order valence-electron chi connectivity index (χ0n) is 83.3. The molecule has 0 bridgehead atoms. The molecule has 0 spiro atoms. The molecule has 786 valence electrons. The fraction of sp³-hybridized carbons (Fsp3) is 0.577. The van der Waals surface area contributed by atoms with E-state index in [9.17, 15) is 108 Å². The van der Waals surface area contributed by atoms with Gasteiger partial charge in [-0.25, -0.2) is 99.7 Å². The molecule has 0 aliphatic carbocycles. The van der Waals surface area contributed by atoms with Crippen LogP contribution < -0.4 is 0 Å². The van der Waals surface area contributed by atoms with E-state index in [1.165, 1.54) is 89.9 Å². The highest BCUT2D eigenvalue weighted by Crippen LogP contribution is 2.58. The highest BCUT2D eigenvalue weighted by Gasteiger charge is 2.67. The van der Waals surface area contributed by atoms with Crippen LogP contribution in [0.4, 0.5) is 74.6 Å². The number of aromatic nitrogens is 5. The molecule has 0 N–H and O–H groups in total. The lowest BCUT2D eigenvalue weighted by atomic mass is 9.80. The molecule has 16 atom stereocenters. The zero-order valence-corrected chi connectivity index (χ0v) is 83.3. The summed E-state index contributed by atoms with van der Waals surface area (Å²) in [6, 6.07) is 12.8. The van der Waals surface area contributed by atoms with E-state index in [-0.39, 0.29) is 111 Å². The molecule has 14 aliphatic rings. The Hall–Kier alpha value is -10.9. The molecule has 14 saturated heterocycles. The Morgan fingerprint density at radius 1 is 0.297 bits per heavy atom. The van der Waals surface area contributed by atoms with Crippen LogP contribution in [0.25, 0.3) is 0 Å². The average molecular weight is 2050 g/mol. The third kappa shape index (κ3) is 20.0. The lowest BCUT2D eigenvalue weighted by Gasteiger charge is -2.31. The number of halogens is 17. The Bertz CT molecular complexity index is 5300. The minimum atomic E-state index is -3.00. The summed E-state index contributed by atoms with van der Waals surface area (Å²) in [6.07, 6.45) is 15.3. The standard InChI is InChI=1S/2C16H20F2N2O.2C15H18F2N2O.3C14H16F3N3O/c2*1-10-6-11(9-19-8-10)13-5-4-12-7-15(2,16(3,17)18)14(21)20(12)13;2*1-3-15(2)9-18-5-4-13(19(18)14(15)20)10-6-11(16)8-12(17)7-10;3*1-2-14(12(16)17)8-19-4-3-11(20(19)13(14)21)9-5-10(15)7-18-6-9/h2*6,8-9,12-13H,4-5,7H2,1-3H3;2*6-8,13H,3-5,9H2,1-2H3;3*5-7,11-12H,2-4,8H2,1H3/t12-,13+,15?;12-,13+,15-;13-,15?;13-,15+;2*11-,14+;11-,14-/m1110101/s1. The summed E-state index contributed by atoms with van der Waals surface area (Å²) in [6.45, 7) is 25.6. The average Bonchev–Trinajstić information content (AvgIpc) is 1.57.